The van der Waals surface area contributed by atoms with Crippen molar-refractivity contribution in [1.82, 2.24) is 10.0 Å². The number of halogens is 2. The Morgan fingerprint density at radius 3 is 2.64 bits per heavy atom. The number of rotatable bonds is 4. The summed E-state index contributed by atoms with van der Waals surface area (Å²) in [6.07, 6.45) is -0.400. The SMILES string of the molecule is COC1CNCC1NS(=O)(=O)C(F)F. The molecule has 2 N–H and O–H groups in total. The lowest BCUT2D eigenvalue weighted by molar-refractivity contribution is 0.102. The monoisotopic (exact) mass is 230 g/mol. The van der Waals surface area contributed by atoms with Crippen molar-refractivity contribution >= 4 is 10.0 Å². The van der Waals surface area contributed by atoms with Gasteiger partial charge in [-0.25, -0.2) is 13.1 Å². The first kappa shape index (κ1) is 11.8. The van der Waals surface area contributed by atoms with Crippen LogP contribution in [0.15, 0.2) is 0 Å². The molecule has 14 heavy (non-hydrogen) atoms. The van der Waals surface area contributed by atoms with E-state index in [0.717, 1.165) is 0 Å². The van der Waals surface area contributed by atoms with Crippen molar-refractivity contribution in [1.29, 1.82) is 0 Å². The number of hydrogen-bond acceptors (Lipinski definition) is 4. The largest absolute Gasteiger partial charge is 0.378 e. The Hall–Kier alpha value is -0.310. The Balaban J connectivity index is 2.60. The van der Waals surface area contributed by atoms with E-state index in [4.69, 9.17) is 4.74 Å². The minimum Gasteiger partial charge on any atom is -0.378 e. The standard InChI is InChI=1S/C6H12F2N2O3S/c1-13-5-3-9-2-4(5)10-14(11,12)6(7)8/h4-6,9-10H,2-3H2,1H3. The van der Waals surface area contributed by atoms with Crippen LogP contribution >= 0.6 is 0 Å². The molecule has 0 radical (unpaired) electrons. The average Bonchev–Trinajstić information content (AvgIpc) is 2.50. The Bertz CT molecular complexity index is 283. The fourth-order valence-electron chi connectivity index (χ4n) is 1.28. The predicted molar refractivity (Wildman–Crippen MR) is 45.5 cm³/mol. The first-order valence-corrected chi connectivity index (χ1v) is 5.55. The molecule has 1 aliphatic heterocycles. The normalized spacial score (nSPS) is 28.6. The number of hydrogen-bond donors (Lipinski definition) is 2. The van der Waals surface area contributed by atoms with E-state index in [1.54, 1.807) is 0 Å². The zero-order valence-electron chi connectivity index (χ0n) is 7.54. The summed E-state index contributed by atoms with van der Waals surface area (Å²) in [4.78, 5) is 0. The number of ether oxygens (including phenoxy) is 1. The van der Waals surface area contributed by atoms with E-state index in [0.29, 0.717) is 13.1 Å². The van der Waals surface area contributed by atoms with Gasteiger partial charge in [-0.2, -0.15) is 8.78 Å². The molecule has 84 valence electrons. The van der Waals surface area contributed by atoms with Crippen LogP contribution in [0.2, 0.25) is 0 Å². The highest BCUT2D eigenvalue weighted by molar-refractivity contribution is 7.89. The number of nitrogens with one attached hydrogen (secondary N) is 2. The fourth-order valence-corrected chi connectivity index (χ4v) is 2.04. The molecule has 2 unspecified atom stereocenters. The molecule has 0 aromatic carbocycles. The summed E-state index contributed by atoms with van der Waals surface area (Å²) in [5.41, 5.74) is 0. The Labute approximate surface area is 80.9 Å². The highest BCUT2D eigenvalue weighted by Crippen LogP contribution is 2.09. The fraction of sp³-hybridized carbons (Fsp3) is 1.00. The van der Waals surface area contributed by atoms with Crippen LogP contribution in [0.4, 0.5) is 8.78 Å². The van der Waals surface area contributed by atoms with Gasteiger partial charge in [-0.1, -0.05) is 0 Å². The van der Waals surface area contributed by atoms with Crippen molar-refractivity contribution < 1.29 is 21.9 Å². The van der Waals surface area contributed by atoms with Gasteiger partial charge in [0, 0.05) is 20.2 Å². The third kappa shape index (κ3) is 2.59. The van der Waals surface area contributed by atoms with Crippen molar-refractivity contribution in [3.05, 3.63) is 0 Å². The van der Waals surface area contributed by atoms with Gasteiger partial charge in [0.25, 0.3) is 10.0 Å². The van der Waals surface area contributed by atoms with E-state index < -0.39 is 27.9 Å². The molecular formula is C6H12F2N2O3S. The van der Waals surface area contributed by atoms with Gasteiger partial charge in [0.15, 0.2) is 0 Å². The minimum absolute atomic E-state index is 0.296. The Morgan fingerprint density at radius 2 is 2.14 bits per heavy atom. The third-order valence-electron chi connectivity index (χ3n) is 2.01. The molecule has 1 aliphatic rings. The molecule has 0 aromatic heterocycles. The van der Waals surface area contributed by atoms with E-state index in [-0.39, 0.29) is 0 Å². The summed E-state index contributed by atoms with van der Waals surface area (Å²) in [7, 11) is -3.12. The molecule has 2 atom stereocenters. The highest BCUT2D eigenvalue weighted by atomic mass is 32.2. The summed E-state index contributed by atoms with van der Waals surface area (Å²) in [6, 6.07) is -0.626. The summed E-state index contributed by atoms with van der Waals surface area (Å²) < 4.78 is 52.4. The molecule has 1 heterocycles. The molecule has 0 spiro atoms. The lowest BCUT2D eigenvalue weighted by Gasteiger charge is -2.17. The summed E-state index contributed by atoms with van der Waals surface area (Å²) in [5, 5.41) is 2.84. The van der Waals surface area contributed by atoms with Crippen LogP contribution in [-0.2, 0) is 14.8 Å². The van der Waals surface area contributed by atoms with E-state index in [1.165, 1.54) is 7.11 Å². The van der Waals surface area contributed by atoms with Gasteiger partial charge in [-0.05, 0) is 0 Å². The minimum atomic E-state index is -4.53. The third-order valence-corrected chi connectivity index (χ3v) is 3.11. The van der Waals surface area contributed by atoms with Gasteiger partial charge in [-0.15, -0.1) is 0 Å². The Kier molecular flexibility index (Phi) is 3.76. The smallest absolute Gasteiger partial charge is 0.350 e. The maximum Gasteiger partial charge on any atom is 0.350 e. The van der Waals surface area contributed by atoms with E-state index in [2.05, 4.69) is 5.32 Å². The lowest BCUT2D eigenvalue weighted by Crippen LogP contribution is -2.45. The topological polar surface area (TPSA) is 67.4 Å². The van der Waals surface area contributed by atoms with Gasteiger partial charge >= 0.3 is 5.76 Å². The van der Waals surface area contributed by atoms with Crippen LogP contribution in [0, 0.1) is 0 Å². The van der Waals surface area contributed by atoms with Crippen molar-refractivity contribution in [2.75, 3.05) is 20.2 Å². The molecule has 0 aromatic rings. The average molecular weight is 230 g/mol. The van der Waals surface area contributed by atoms with Crippen molar-refractivity contribution in [3.63, 3.8) is 0 Å². The van der Waals surface area contributed by atoms with Gasteiger partial charge in [0.2, 0.25) is 0 Å². The van der Waals surface area contributed by atoms with Crippen LogP contribution in [0.1, 0.15) is 0 Å². The molecule has 0 aliphatic carbocycles. The first-order chi connectivity index (χ1) is 6.47. The second-order valence-electron chi connectivity index (χ2n) is 2.96. The first-order valence-electron chi connectivity index (χ1n) is 4.00. The van der Waals surface area contributed by atoms with Crippen molar-refractivity contribution in [2.24, 2.45) is 0 Å². The number of sulfonamides is 1. The van der Waals surface area contributed by atoms with Crippen molar-refractivity contribution in [2.45, 2.75) is 17.9 Å². The van der Waals surface area contributed by atoms with Crippen LogP contribution in [-0.4, -0.2) is 46.5 Å². The van der Waals surface area contributed by atoms with Crippen molar-refractivity contribution in [3.8, 4) is 0 Å². The van der Waals surface area contributed by atoms with E-state index >= 15 is 0 Å². The van der Waals surface area contributed by atoms with Gasteiger partial charge in [0.05, 0.1) is 12.1 Å². The van der Waals surface area contributed by atoms with Gasteiger partial charge in [0.1, 0.15) is 0 Å². The summed E-state index contributed by atoms with van der Waals surface area (Å²) in [6.45, 7) is 0.747. The molecule has 0 bridgehead atoms. The molecule has 1 fully saturated rings. The van der Waals surface area contributed by atoms with Crippen LogP contribution in [0.5, 0.6) is 0 Å². The zero-order chi connectivity index (χ0) is 10.8. The molecule has 0 amide bonds. The Morgan fingerprint density at radius 1 is 1.50 bits per heavy atom. The lowest BCUT2D eigenvalue weighted by atomic mass is 10.2. The molecule has 1 saturated heterocycles. The zero-order valence-corrected chi connectivity index (χ0v) is 8.35. The van der Waals surface area contributed by atoms with E-state index in [1.807, 2.05) is 4.72 Å². The summed E-state index contributed by atoms with van der Waals surface area (Å²) in [5.74, 6) is -3.40. The quantitative estimate of drug-likeness (QED) is 0.658. The molecule has 1 rings (SSSR count). The maximum atomic E-state index is 12.0. The molecule has 8 heteroatoms. The van der Waals surface area contributed by atoms with Crippen LogP contribution in [0.3, 0.4) is 0 Å². The predicted octanol–water partition coefficient (Wildman–Crippen LogP) is -0.885. The molecular weight excluding hydrogens is 218 g/mol. The van der Waals surface area contributed by atoms with Crippen LogP contribution < -0.4 is 10.0 Å². The number of methoxy groups -OCH3 is 1. The summed E-state index contributed by atoms with van der Waals surface area (Å²) >= 11 is 0. The molecule has 0 saturated carbocycles. The highest BCUT2D eigenvalue weighted by Gasteiger charge is 2.34. The second-order valence-corrected chi connectivity index (χ2v) is 4.64. The maximum absolute atomic E-state index is 12.0. The molecule has 5 nitrogen and oxygen atoms in total. The van der Waals surface area contributed by atoms with E-state index in [9.17, 15) is 17.2 Å². The second kappa shape index (κ2) is 4.47. The van der Waals surface area contributed by atoms with Gasteiger partial charge in [-0.3, -0.25) is 0 Å². The number of alkyl halides is 2. The van der Waals surface area contributed by atoms with Gasteiger partial charge < -0.3 is 10.1 Å². The van der Waals surface area contributed by atoms with Crippen LogP contribution in [0.25, 0.3) is 0 Å².